The van der Waals surface area contributed by atoms with E-state index in [0.29, 0.717) is 0 Å². The van der Waals surface area contributed by atoms with Crippen LogP contribution in [0.1, 0.15) is 5.76 Å². The van der Waals surface area contributed by atoms with E-state index < -0.39 is 35.3 Å². The molecule has 0 unspecified atom stereocenters. The maximum Gasteiger partial charge on any atom is 0.262 e. The predicted molar refractivity (Wildman–Crippen MR) is 70.2 cm³/mol. The van der Waals surface area contributed by atoms with E-state index in [0.717, 1.165) is 18.2 Å². The van der Waals surface area contributed by atoms with Crippen LogP contribution in [0.4, 0.5) is 14.5 Å². The lowest BCUT2D eigenvalue weighted by Gasteiger charge is -2.09. The van der Waals surface area contributed by atoms with Gasteiger partial charge in [0.05, 0.1) is 6.26 Å². The van der Waals surface area contributed by atoms with Crippen LogP contribution in [0.25, 0.3) is 0 Å². The van der Waals surface area contributed by atoms with Crippen molar-refractivity contribution in [2.75, 3.05) is 11.9 Å². The molecule has 7 heteroatoms. The zero-order valence-electron chi connectivity index (χ0n) is 11.0. The first-order valence-electron chi connectivity index (χ1n) is 5.94. The summed E-state index contributed by atoms with van der Waals surface area (Å²) in [5.41, 5.74) is -1.02. The van der Waals surface area contributed by atoms with Crippen LogP contribution in [0.3, 0.4) is 0 Å². The van der Waals surface area contributed by atoms with Crippen molar-refractivity contribution in [3.05, 3.63) is 58.1 Å². The minimum Gasteiger partial charge on any atom is -0.476 e. The third-order valence-electron chi connectivity index (χ3n) is 2.58. The summed E-state index contributed by atoms with van der Waals surface area (Å²) in [5.74, 6) is -2.53. The first-order chi connectivity index (χ1) is 9.99. The van der Waals surface area contributed by atoms with Gasteiger partial charge in [-0.15, -0.1) is 0 Å². The highest BCUT2D eigenvalue weighted by atomic mass is 19.1. The van der Waals surface area contributed by atoms with E-state index in [4.69, 9.17) is 9.15 Å². The molecule has 0 aliphatic heterocycles. The first kappa shape index (κ1) is 14.7. The summed E-state index contributed by atoms with van der Waals surface area (Å²) in [6, 6.07) is 4.33. The Bertz CT molecular complexity index is 707. The maximum atomic E-state index is 13.3. The third-order valence-corrected chi connectivity index (χ3v) is 2.58. The molecule has 110 valence electrons. The highest BCUT2D eigenvalue weighted by Crippen LogP contribution is 2.18. The summed E-state index contributed by atoms with van der Waals surface area (Å²) < 4.78 is 36.7. The van der Waals surface area contributed by atoms with Crippen molar-refractivity contribution < 1.29 is 22.7 Å². The number of rotatable bonds is 4. The largest absolute Gasteiger partial charge is 0.476 e. The van der Waals surface area contributed by atoms with Gasteiger partial charge in [0.2, 0.25) is 11.2 Å². The number of amides is 1. The minimum absolute atomic E-state index is 0.123. The van der Waals surface area contributed by atoms with Gasteiger partial charge in [0, 0.05) is 6.07 Å². The third kappa shape index (κ3) is 3.44. The number of anilines is 1. The highest BCUT2D eigenvalue weighted by molar-refractivity contribution is 5.92. The summed E-state index contributed by atoms with van der Waals surface area (Å²) in [6.07, 6.45) is 1.19. The normalized spacial score (nSPS) is 10.2. The maximum absolute atomic E-state index is 13.3. The Kier molecular flexibility index (Phi) is 4.32. The van der Waals surface area contributed by atoms with Crippen molar-refractivity contribution in [2.24, 2.45) is 0 Å². The molecule has 1 aromatic heterocycles. The lowest BCUT2D eigenvalue weighted by atomic mass is 10.3. The Morgan fingerprint density at radius 2 is 1.95 bits per heavy atom. The van der Waals surface area contributed by atoms with Crippen molar-refractivity contribution in [3.8, 4) is 5.75 Å². The van der Waals surface area contributed by atoms with Gasteiger partial charge in [0.1, 0.15) is 23.1 Å². The Morgan fingerprint density at radius 3 is 2.57 bits per heavy atom. The Balaban J connectivity index is 2.05. The Labute approximate surface area is 118 Å². The van der Waals surface area contributed by atoms with E-state index in [-0.39, 0.29) is 11.5 Å². The summed E-state index contributed by atoms with van der Waals surface area (Å²) in [4.78, 5) is 23.1. The molecule has 0 spiro atoms. The molecule has 0 radical (unpaired) electrons. The fourth-order valence-corrected chi connectivity index (χ4v) is 1.60. The predicted octanol–water partition coefficient (Wildman–Crippen LogP) is 2.24. The van der Waals surface area contributed by atoms with E-state index in [1.54, 1.807) is 0 Å². The van der Waals surface area contributed by atoms with Gasteiger partial charge < -0.3 is 14.5 Å². The van der Waals surface area contributed by atoms with Crippen LogP contribution in [0.5, 0.6) is 5.75 Å². The second kappa shape index (κ2) is 6.17. The van der Waals surface area contributed by atoms with Gasteiger partial charge in [-0.05, 0) is 19.1 Å². The van der Waals surface area contributed by atoms with Crippen LogP contribution < -0.4 is 15.5 Å². The number of halogens is 2. The summed E-state index contributed by atoms with van der Waals surface area (Å²) >= 11 is 0. The molecule has 0 aliphatic rings. The zero-order chi connectivity index (χ0) is 15.4. The van der Waals surface area contributed by atoms with Crippen molar-refractivity contribution in [1.82, 2.24) is 0 Å². The molecular formula is C14H11F2NO4. The molecule has 0 fully saturated rings. The molecule has 0 saturated carbocycles. The first-order valence-corrected chi connectivity index (χ1v) is 5.94. The van der Waals surface area contributed by atoms with Crippen LogP contribution in [0, 0.1) is 18.6 Å². The van der Waals surface area contributed by atoms with Crippen LogP contribution in [0.2, 0.25) is 0 Å². The number of carbonyl (C=O) groups excluding carboxylic acids is 1. The molecule has 1 N–H and O–H groups in total. The molecule has 5 nitrogen and oxygen atoms in total. The number of ether oxygens (including phenoxy) is 1. The molecule has 0 atom stereocenters. The standard InChI is InChI=1S/C14H11F2NO4/c1-8-14(11(18)5-6-20-8)21-7-12(19)17-13-9(15)3-2-4-10(13)16/h2-6H,7H2,1H3,(H,17,19). The molecule has 2 aromatic rings. The molecular weight excluding hydrogens is 284 g/mol. The molecule has 2 rings (SSSR count). The molecule has 1 amide bonds. The number of nitrogens with one attached hydrogen (secondary N) is 1. The smallest absolute Gasteiger partial charge is 0.262 e. The average Bonchev–Trinajstić information content (AvgIpc) is 2.42. The second-order valence-electron chi connectivity index (χ2n) is 4.10. The molecule has 1 aromatic carbocycles. The van der Waals surface area contributed by atoms with Gasteiger partial charge in [-0.1, -0.05) is 6.07 Å². The van der Waals surface area contributed by atoms with E-state index in [1.807, 2.05) is 5.32 Å². The summed E-state index contributed by atoms with van der Waals surface area (Å²) in [5, 5.41) is 2.04. The van der Waals surface area contributed by atoms with Crippen molar-refractivity contribution in [1.29, 1.82) is 0 Å². The fourth-order valence-electron chi connectivity index (χ4n) is 1.60. The van der Waals surface area contributed by atoms with Gasteiger partial charge in [0.15, 0.2) is 6.61 Å². The van der Waals surface area contributed by atoms with Gasteiger partial charge in [-0.25, -0.2) is 8.78 Å². The molecule has 0 bridgehead atoms. The van der Waals surface area contributed by atoms with Crippen molar-refractivity contribution >= 4 is 11.6 Å². The average molecular weight is 295 g/mol. The molecule has 21 heavy (non-hydrogen) atoms. The second-order valence-corrected chi connectivity index (χ2v) is 4.10. The van der Waals surface area contributed by atoms with E-state index in [9.17, 15) is 18.4 Å². The van der Waals surface area contributed by atoms with E-state index in [2.05, 4.69) is 0 Å². The van der Waals surface area contributed by atoms with Gasteiger partial charge in [-0.2, -0.15) is 0 Å². The van der Waals surface area contributed by atoms with E-state index >= 15 is 0 Å². The number of aryl methyl sites for hydroxylation is 1. The van der Waals surface area contributed by atoms with Crippen molar-refractivity contribution in [3.63, 3.8) is 0 Å². The summed E-state index contributed by atoms with van der Waals surface area (Å²) in [6.45, 7) is 0.911. The number of hydrogen-bond acceptors (Lipinski definition) is 4. The zero-order valence-corrected chi connectivity index (χ0v) is 11.0. The summed E-state index contributed by atoms with van der Waals surface area (Å²) in [7, 11) is 0. The van der Waals surface area contributed by atoms with Crippen molar-refractivity contribution in [2.45, 2.75) is 6.92 Å². The topological polar surface area (TPSA) is 68.5 Å². The van der Waals surface area contributed by atoms with Crippen LogP contribution in [0.15, 0.2) is 39.7 Å². The quantitative estimate of drug-likeness (QED) is 0.939. The lowest BCUT2D eigenvalue weighted by Crippen LogP contribution is -2.23. The monoisotopic (exact) mass is 295 g/mol. The Hall–Kier alpha value is -2.70. The number of carbonyl (C=O) groups is 1. The fraction of sp³-hybridized carbons (Fsp3) is 0.143. The molecule has 0 aliphatic carbocycles. The number of para-hydroxylation sites is 1. The lowest BCUT2D eigenvalue weighted by molar-refractivity contribution is -0.118. The highest BCUT2D eigenvalue weighted by Gasteiger charge is 2.14. The minimum atomic E-state index is -0.904. The van der Waals surface area contributed by atoms with Gasteiger partial charge >= 0.3 is 0 Å². The molecule has 0 saturated heterocycles. The van der Waals surface area contributed by atoms with Crippen LogP contribution in [-0.2, 0) is 4.79 Å². The number of hydrogen-bond donors (Lipinski definition) is 1. The van der Waals surface area contributed by atoms with Crippen LogP contribution in [-0.4, -0.2) is 12.5 Å². The van der Waals surface area contributed by atoms with Crippen LogP contribution >= 0.6 is 0 Å². The van der Waals surface area contributed by atoms with E-state index in [1.165, 1.54) is 19.3 Å². The Morgan fingerprint density at radius 1 is 1.29 bits per heavy atom. The molecule has 1 heterocycles. The van der Waals surface area contributed by atoms with Gasteiger partial charge in [-0.3, -0.25) is 9.59 Å². The number of benzene rings is 1. The SMILES string of the molecule is Cc1occc(=O)c1OCC(=O)Nc1c(F)cccc1F. The van der Waals surface area contributed by atoms with Gasteiger partial charge in [0.25, 0.3) is 5.91 Å².